The first kappa shape index (κ1) is 18.8. The fraction of sp³-hybridized carbons (Fsp3) is 0.227. The summed E-state index contributed by atoms with van der Waals surface area (Å²) in [5.74, 6) is 2.91. The molecular formula is C22H20N2O5. The minimum atomic E-state index is -0.518. The van der Waals surface area contributed by atoms with Crippen molar-refractivity contribution in [3.8, 4) is 11.5 Å². The number of ether oxygens (including phenoxy) is 2. The lowest BCUT2D eigenvalue weighted by atomic mass is 10.1. The van der Waals surface area contributed by atoms with Crippen LogP contribution < -0.4 is 9.47 Å². The largest absolute Gasteiger partial charge is 0.494 e. The highest BCUT2D eigenvalue weighted by Gasteiger charge is 2.39. The molecule has 148 valence electrons. The highest BCUT2D eigenvalue weighted by molar-refractivity contribution is 5.92. The van der Waals surface area contributed by atoms with Gasteiger partial charge in [0.1, 0.15) is 17.5 Å². The molecule has 0 N–H and O–H groups in total. The van der Waals surface area contributed by atoms with E-state index in [2.05, 4.69) is 0 Å². The third kappa shape index (κ3) is 3.38. The Morgan fingerprint density at radius 1 is 1.10 bits per heavy atom. The van der Waals surface area contributed by atoms with Crippen LogP contribution in [0.15, 0.2) is 54.6 Å². The maximum absolute atomic E-state index is 12.5. The van der Waals surface area contributed by atoms with E-state index in [9.17, 15) is 9.59 Å². The number of hydrogen-bond acceptors (Lipinski definition) is 6. The van der Waals surface area contributed by atoms with Gasteiger partial charge in [-0.15, -0.1) is 0 Å². The monoisotopic (exact) mass is 392 g/mol. The summed E-state index contributed by atoms with van der Waals surface area (Å²) in [6.45, 7) is 2.48. The minimum Gasteiger partial charge on any atom is -0.494 e. The number of carbonyl (C=O) groups is 1. The average molecular weight is 392 g/mol. The smallest absolute Gasteiger partial charge is 0.313 e. The van der Waals surface area contributed by atoms with Crippen LogP contribution in [0.1, 0.15) is 25.1 Å². The first-order valence-corrected chi connectivity index (χ1v) is 9.29. The maximum Gasteiger partial charge on any atom is 0.313 e. The second-order valence-corrected chi connectivity index (χ2v) is 6.50. The van der Waals surface area contributed by atoms with Crippen molar-refractivity contribution < 1.29 is 23.9 Å². The first-order valence-electron chi connectivity index (χ1n) is 9.29. The maximum atomic E-state index is 12.5. The Kier molecular flexibility index (Phi) is 5.08. The van der Waals surface area contributed by atoms with Crippen LogP contribution in [0.2, 0.25) is 0 Å². The molecule has 2 heterocycles. The number of carbonyl (C=O) groups excluding carboxylic acids is 2. The molecule has 0 aliphatic carbocycles. The van der Waals surface area contributed by atoms with E-state index in [0.717, 1.165) is 22.3 Å². The number of fused-ring (bicyclic) bond motifs is 3. The molecule has 2 aromatic carbocycles. The predicted molar refractivity (Wildman–Crippen MR) is 107 cm³/mol. The van der Waals surface area contributed by atoms with Crippen molar-refractivity contribution in [3.63, 3.8) is 0 Å². The van der Waals surface area contributed by atoms with Gasteiger partial charge in [0.25, 0.3) is 0 Å². The lowest BCUT2D eigenvalue weighted by molar-refractivity contribution is -0.143. The van der Waals surface area contributed by atoms with Crippen molar-refractivity contribution >= 4 is 28.6 Å². The van der Waals surface area contributed by atoms with E-state index in [-0.39, 0.29) is 12.2 Å². The molecule has 0 amide bonds. The van der Waals surface area contributed by atoms with Crippen LogP contribution in [0.4, 0.5) is 0 Å². The Bertz CT molecular complexity index is 1100. The molecule has 0 saturated carbocycles. The third-order valence-corrected chi connectivity index (χ3v) is 4.78. The van der Waals surface area contributed by atoms with Crippen molar-refractivity contribution in [2.45, 2.75) is 19.4 Å². The van der Waals surface area contributed by atoms with E-state index in [0.29, 0.717) is 12.4 Å². The van der Waals surface area contributed by atoms with Crippen LogP contribution in [0, 0.1) is 0 Å². The van der Waals surface area contributed by atoms with Gasteiger partial charge >= 0.3 is 5.97 Å². The van der Waals surface area contributed by atoms with Gasteiger partial charge in [-0.25, -0.2) is 9.86 Å². The number of rotatable bonds is 6. The van der Waals surface area contributed by atoms with E-state index in [1.54, 1.807) is 28.8 Å². The van der Waals surface area contributed by atoms with E-state index in [1.807, 2.05) is 43.2 Å². The standard InChI is InChI=1S/C22H20N2O5/c1-3-28-17-9-10-18-15(11-17)12-19-20(24(27-2)21(14-25)23(18)19)13-22(26)29-16-7-5-4-6-8-16/h4-12,20H,3,13H2,1-2H3. The van der Waals surface area contributed by atoms with Gasteiger partial charge in [-0.05, 0) is 43.3 Å². The number of aromatic nitrogens is 1. The van der Waals surface area contributed by atoms with Gasteiger partial charge in [-0.1, -0.05) is 18.2 Å². The van der Waals surface area contributed by atoms with Crippen LogP contribution in [-0.2, 0) is 14.4 Å². The number of nitrogens with zero attached hydrogens (tertiary/aromatic N) is 2. The molecule has 1 unspecified atom stereocenters. The normalized spacial score (nSPS) is 15.3. The van der Waals surface area contributed by atoms with Gasteiger partial charge in [-0.3, -0.25) is 14.2 Å². The SMILES string of the molecule is CCOc1ccc2c(c1)cc1n2C(=C=O)N(OC)C1CC(=O)Oc1ccccc1. The molecule has 0 saturated heterocycles. The summed E-state index contributed by atoms with van der Waals surface area (Å²) in [6, 6.07) is 15.9. The Hall–Kier alpha value is -3.54. The molecule has 29 heavy (non-hydrogen) atoms. The number of benzene rings is 2. The van der Waals surface area contributed by atoms with Crippen molar-refractivity contribution in [2.24, 2.45) is 0 Å². The van der Waals surface area contributed by atoms with Crippen molar-refractivity contribution in [3.05, 3.63) is 60.3 Å². The summed E-state index contributed by atoms with van der Waals surface area (Å²) in [6.07, 6.45) is 0.00253. The lowest BCUT2D eigenvalue weighted by Gasteiger charge is -2.22. The first-order chi connectivity index (χ1) is 14.2. The highest BCUT2D eigenvalue weighted by atomic mass is 16.7. The molecule has 1 aliphatic rings. The molecule has 1 aromatic heterocycles. The van der Waals surface area contributed by atoms with Gasteiger partial charge in [0.15, 0.2) is 5.94 Å². The Morgan fingerprint density at radius 3 is 2.59 bits per heavy atom. The van der Waals surface area contributed by atoms with Gasteiger partial charge in [-0.2, -0.15) is 0 Å². The number of hydroxylamine groups is 2. The molecule has 1 atom stereocenters. The van der Waals surface area contributed by atoms with Crippen LogP contribution in [0.25, 0.3) is 16.7 Å². The Morgan fingerprint density at radius 2 is 1.90 bits per heavy atom. The summed E-state index contributed by atoms with van der Waals surface area (Å²) in [7, 11) is 1.45. The molecule has 3 aromatic rings. The van der Waals surface area contributed by atoms with Gasteiger partial charge in [0, 0.05) is 5.39 Å². The van der Waals surface area contributed by atoms with Gasteiger partial charge in [0.2, 0.25) is 5.82 Å². The molecule has 0 fully saturated rings. The molecule has 1 aliphatic heterocycles. The quantitative estimate of drug-likeness (QED) is 0.363. The van der Waals surface area contributed by atoms with Gasteiger partial charge < -0.3 is 9.47 Å². The second-order valence-electron chi connectivity index (χ2n) is 6.50. The Labute approximate surface area is 167 Å². The van der Waals surface area contributed by atoms with Crippen molar-refractivity contribution in [2.75, 3.05) is 13.7 Å². The van der Waals surface area contributed by atoms with E-state index in [1.165, 1.54) is 12.2 Å². The number of para-hydroxylation sites is 1. The van der Waals surface area contributed by atoms with Crippen LogP contribution in [-0.4, -0.2) is 35.3 Å². The van der Waals surface area contributed by atoms with Gasteiger partial charge in [0.05, 0.1) is 31.3 Å². The fourth-order valence-corrected chi connectivity index (χ4v) is 3.63. The molecular weight excluding hydrogens is 372 g/mol. The molecule has 4 rings (SSSR count). The van der Waals surface area contributed by atoms with Crippen LogP contribution in [0.5, 0.6) is 11.5 Å². The number of hydrogen-bond donors (Lipinski definition) is 0. The van der Waals surface area contributed by atoms with Crippen molar-refractivity contribution in [1.29, 1.82) is 0 Å². The molecule has 0 bridgehead atoms. The van der Waals surface area contributed by atoms with Crippen LogP contribution in [0.3, 0.4) is 0 Å². The Balaban J connectivity index is 1.70. The van der Waals surface area contributed by atoms with Crippen LogP contribution >= 0.6 is 0 Å². The summed E-state index contributed by atoms with van der Waals surface area (Å²) < 4.78 is 12.7. The van der Waals surface area contributed by atoms with E-state index in [4.69, 9.17) is 14.3 Å². The second kappa shape index (κ2) is 7.83. The highest BCUT2D eigenvalue weighted by Crippen LogP contribution is 2.42. The lowest BCUT2D eigenvalue weighted by Crippen LogP contribution is -2.25. The molecule has 7 heteroatoms. The molecule has 0 radical (unpaired) electrons. The zero-order chi connectivity index (χ0) is 20.4. The molecule has 0 spiro atoms. The summed E-state index contributed by atoms with van der Waals surface area (Å²) in [5, 5.41) is 2.29. The van der Waals surface area contributed by atoms with Crippen molar-refractivity contribution in [1.82, 2.24) is 9.63 Å². The summed E-state index contributed by atoms with van der Waals surface area (Å²) in [5.41, 5.74) is 1.56. The zero-order valence-corrected chi connectivity index (χ0v) is 16.1. The average Bonchev–Trinajstić information content (AvgIpc) is 3.22. The van der Waals surface area contributed by atoms with E-state index >= 15 is 0 Å². The third-order valence-electron chi connectivity index (χ3n) is 4.78. The molecule has 7 nitrogen and oxygen atoms in total. The van der Waals surface area contributed by atoms with E-state index < -0.39 is 12.0 Å². The predicted octanol–water partition coefficient (Wildman–Crippen LogP) is 3.58. The minimum absolute atomic E-state index is 0.00253. The fourth-order valence-electron chi connectivity index (χ4n) is 3.63. The number of esters is 1. The zero-order valence-electron chi connectivity index (χ0n) is 16.1. The topological polar surface area (TPSA) is 70.0 Å². The summed E-state index contributed by atoms with van der Waals surface area (Å²) >= 11 is 0. The summed E-state index contributed by atoms with van der Waals surface area (Å²) in [4.78, 5) is 29.7.